The number of fused-ring (bicyclic) bond motifs is 1. The Morgan fingerprint density at radius 3 is 2.93 bits per heavy atom. The van der Waals surface area contributed by atoms with Gasteiger partial charge < -0.3 is 9.47 Å². The minimum atomic E-state index is -0.232. The Kier molecular flexibility index (Phi) is 1.69. The molecule has 0 amide bonds. The van der Waals surface area contributed by atoms with E-state index >= 15 is 0 Å². The summed E-state index contributed by atoms with van der Waals surface area (Å²) in [6, 6.07) is 3.74. The highest BCUT2D eigenvalue weighted by molar-refractivity contribution is 9.10. The molecule has 0 aliphatic carbocycles. The van der Waals surface area contributed by atoms with Crippen LogP contribution in [0, 0.1) is 0 Å². The third-order valence-corrected chi connectivity index (χ3v) is 3.46. The van der Waals surface area contributed by atoms with Crippen LogP contribution < -0.4 is 0 Å². The van der Waals surface area contributed by atoms with E-state index in [1.165, 1.54) is 0 Å². The number of hydrogen-bond acceptors (Lipinski definition) is 3. The number of cyclic esters (lactones) is 1. The van der Waals surface area contributed by atoms with Gasteiger partial charge in [0.25, 0.3) is 0 Å². The van der Waals surface area contributed by atoms with Crippen molar-refractivity contribution in [2.75, 3.05) is 6.61 Å². The Bertz CT molecular complexity index is 424. The number of halogens is 1. The van der Waals surface area contributed by atoms with Gasteiger partial charge in [-0.25, -0.2) is 4.79 Å². The standard InChI is InChI=1S/C10H7BrO3/c11-9-6(8-4-13-8)2-1-5-7(9)3-14-10(5)12/h1-2,8H,3-4H2/t8-/m0/s1. The third-order valence-electron chi connectivity index (χ3n) is 2.52. The van der Waals surface area contributed by atoms with Crippen LogP contribution in [0.5, 0.6) is 0 Å². The molecule has 4 heteroatoms. The van der Waals surface area contributed by atoms with Crippen molar-refractivity contribution in [2.45, 2.75) is 12.7 Å². The number of epoxide rings is 1. The molecule has 0 saturated carbocycles. The van der Waals surface area contributed by atoms with E-state index in [1.807, 2.05) is 12.1 Å². The Morgan fingerprint density at radius 1 is 1.43 bits per heavy atom. The molecule has 0 spiro atoms. The summed E-state index contributed by atoms with van der Waals surface area (Å²) in [5.41, 5.74) is 2.73. The lowest BCUT2D eigenvalue weighted by Gasteiger charge is -2.03. The van der Waals surface area contributed by atoms with E-state index in [1.54, 1.807) is 0 Å². The predicted molar refractivity (Wildman–Crippen MR) is 52.0 cm³/mol. The van der Waals surface area contributed by atoms with E-state index in [2.05, 4.69) is 15.9 Å². The molecule has 3 rings (SSSR count). The summed E-state index contributed by atoms with van der Waals surface area (Å²) >= 11 is 3.49. The van der Waals surface area contributed by atoms with Gasteiger partial charge in [-0.05, 0) is 27.6 Å². The first kappa shape index (κ1) is 8.44. The van der Waals surface area contributed by atoms with E-state index in [9.17, 15) is 4.79 Å². The Labute approximate surface area is 89.1 Å². The number of carbonyl (C=O) groups is 1. The molecule has 1 fully saturated rings. The number of hydrogen-bond donors (Lipinski definition) is 0. The van der Waals surface area contributed by atoms with Crippen LogP contribution in [0.25, 0.3) is 0 Å². The van der Waals surface area contributed by atoms with E-state index in [0.717, 1.165) is 22.2 Å². The van der Waals surface area contributed by atoms with E-state index < -0.39 is 0 Å². The molecule has 0 unspecified atom stereocenters. The van der Waals surface area contributed by atoms with Crippen LogP contribution in [0.3, 0.4) is 0 Å². The SMILES string of the molecule is O=C1OCc2c1ccc([C@@H]1CO1)c2Br. The van der Waals surface area contributed by atoms with Crippen molar-refractivity contribution in [3.05, 3.63) is 33.3 Å². The molecule has 1 atom stereocenters. The van der Waals surface area contributed by atoms with Crippen LogP contribution in [0.1, 0.15) is 27.6 Å². The van der Waals surface area contributed by atoms with Gasteiger partial charge in [-0.1, -0.05) is 6.07 Å². The Hall–Kier alpha value is -0.870. The van der Waals surface area contributed by atoms with Gasteiger partial charge >= 0.3 is 5.97 Å². The fraction of sp³-hybridized carbons (Fsp3) is 0.300. The average Bonchev–Trinajstić information content (AvgIpc) is 2.93. The third kappa shape index (κ3) is 1.11. The molecule has 3 nitrogen and oxygen atoms in total. The zero-order valence-corrected chi connectivity index (χ0v) is 8.83. The highest BCUT2D eigenvalue weighted by Gasteiger charge is 2.31. The molecule has 0 aromatic heterocycles. The summed E-state index contributed by atoms with van der Waals surface area (Å²) in [4.78, 5) is 11.2. The van der Waals surface area contributed by atoms with Crippen LogP contribution >= 0.6 is 15.9 Å². The number of carbonyl (C=O) groups excluding carboxylic acids is 1. The molecule has 2 aliphatic rings. The fourth-order valence-electron chi connectivity index (χ4n) is 1.66. The second-order valence-electron chi connectivity index (χ2n) is 3.39. The number of ether oxygens (including phenoxy) is 2. The second kappa shape index (κ2) is 2.81. The summed E-state index contributed by atoms with van der Waals surface area (Å²) in [6.45, 7) is 1.14. The lowest BCUT2D eigenvalue weighted by Crippen LogP contribution is -1.95. The highest BCUT2D eigenvalue weighted by Crippen LogP contribution is 2.39. The Morgan fingerprint density at radius 2 is 2.21 bits per heavy atom. The minimum Gasteiger partial charge on any atom is -0.457 e. The maximum absolute atomic E-state index is 11.2. The van der Waals surface area contributed by atoms with E-state index in [-0.39, 0.29) is 12.1 Å². The minimum absolute atomic E-state index is 0.199. The molecule has 1 aromatic carbocycles. The molecular weight excluding hydrogens is 248 g/mol. The zero-order chi connectivity index (χ0) is 9.71. The molecule has 1 saturated heterocycles. The van der Waals surface area contributed by atoms with E-state index in [0.29, 0.717) is 12.2 Å². The molecule has 0 N–H and O–H groups in total. The molecule has 2 aliphatic heterocycles. The van der Waals surface area contributed by atoms with Crippen LogP contribution in [0.4, 0.5) is 0 Å². The average molecular weight is 255 g/mol. The molecule has 2 heterocycles. The predicted octanol–water partition coefficient (Wildman–Crippen LogP) is 2.19. The van der Waals surface area contributed by atoms with Crippen LogP contribution in [0.15, 0.2) is 16.6 Å². The van der Waals surface area contributed by atoms with Crippen molar-refractivity contribution >= 4 is 21.9 Å². The summed E-state index contributed by atoms with van der Waals surface area (Å²) in [5.74, 6) is -0.232. The number of esters is 1. The molecule has 0 radical (unpaired) electrons. The first-order valence-electron chi connectivity index (χ1n) is 4.37. The Balaban J connectivity index is 2.16. The molecule has 72 valence electrons. The largest absolute Gasteiger partial charge is 0.457 e. The summed E-state index contributed by atoms with van der Waals surface area (Å²) in [5, 5.41) is 0. The maximum atomic E-state index is 11.2. The first-order valence-corrected chi connectivity index (χ1v) is 5.16. The van der Waals surface area contributed by atoms with Crippen molar-refractivity contribution in [3.63, 3.8) is 0 Å². The molecule has 14 heavy (non-hydrogen) atoms. The first-order chi connectivity index (χ1) is 6.77. The van der Waals surface area contributed by atoms with Gasteiger partial charge in [-0.2, -0.15) is 0 Å². The lowest BCUT2D eigenvalue weighted by atomic mass is 10.0. The zero-order valence-electron chi connectivity index (χ0n) is 7.25. The fourth-order valence-corrected chi connectivity index (χ4v) is 2.38. The van der Waals surface area contributed by atoms with Gasteiger partial charge in [0.2, 0.25) is 0 Å². The maximum Gasteiger partial charge on any atom is 0.338 e. The van der Waals surface area contributed by atoms with Crippen molar-refractivity contribution in [3.8, 4) is 0 Å². The van der Waals surface area contributed by atoms with Crippen LogP contribution in [0.2, 0.25) is 0 Å². The quantitative estimate of drug-likeness (QED) is 0.570. The smallest absolute Gasteiger partial charge is 0.338 e. The lowest BCUT2D eigenvalue weighted by molar-refractivity contribution is 0.0535. The van der Waals surface area contributed by atoms with Gasteiger partial charge in [0.15, 0.2) is 0 Å². The summed E-state index contributed by atoms with van der Waals surface area (Å²) in [6.07, 6.45) is 0.199. The number of rotatable bonds is 1. The normalized spacial score (nSPS) is 23.2. The van der Waals surface area contributed by atoms with Crippen LogP contribution in [-0.2, 0) is 16.1 Å². The molecule has 1 aromatic rings. The highest BCUT2D eigenvalue weighted by atomic mass is 79.9. The van der Waals surface area contributed by atoms with Gasteiger partial charge in [0, 0.05) is 10.0 Å². The van der Waals surface area contributed by atoms with Crippen molar-refractivity contribution < 1.29 is 14.3 Å². The summed E-state index contributed by atoms with van der Waals surface area (Å²) in [7, 11) is 0. The summed E-state index contributed by atoms with van der Waals surface area (Å²) < 4.78 is 11.1. The molecule has 0 bridgehead atoms. The van der Waals surface area contributed by atoms with Crippen molar-refractivity contribution in [1.29, 1.82) is 0 Å². The van der Waals surface area contributed by atoms with Crippen molar-refractivity contribution in [2.24, 2.45) is 0 Å². The molecular formula is C10H7BrO3. The number of benzene rings is 1. The van der Waals surface area contributed by atoms with Gasteiger partial charge in [-0.3, -0.25) is 0 Å². The van der Waals surface area contributed by atoms with Crippen molar-refractivity contribution in [1.82, 2.24) is 0 Å². The van der Waals surface area contributed by atoms with E-state index in [4.69, 9.17) is 9.47 Å². The van der Waals surface area contributed by atoms with Crippen LogP contribution in [-0.4, -0.2) is 12.6 Å². The van der Waals surface area contributed by atoms with Gasteiger partial charge in [0.05, 0.1) is 12.2 Å². The van der Waals surface area contributed by atoms with Gasteiger partial charge in [0.1, 0.15) is 12.7 Å². The monoisotopic (exact) mass is 254 g/mol. The topological polar surface area (TPSA) is 38.8 Å². The second-order valence-corrected chi connectivity index (χ2v) is 4.19. The van der Waals surface area contributed by atoms with Gasteiger partial charge in [-0.15, -0.1) is 0 Å².